The van der Waals surface area contributed by atoms with Gasteiger partial charge in [0.25, 0.3) is 5.56 Å². The number of carboxylic acid groups (broad SMARTS) is 1. The van der Waals surface area contributed by atoms with Gasteiger partial charge in [-0.15, -0.1) is 12.3 Å². The van der Waals surface area contributed by atoms with E-state index in [0.29, 0.717) is 5.82 Å². The number of rotatable bonds is 5. The fourth-order valence-electron chi connectivity index (χ4n) is 1.60. The van der Waals surface area contributed by atoms with E-state index in [9.17, 15) is 9.59 Å². The van der Waals surface area contributed by atoms with E-state index in [0.717, 1.165) is 12.8 Å². The number of carboxylic acids is 1. The van der Waals surface area contributed by atoms with Crippen molar-refractivity contribution >= 4 is 11.8 Å². The molecule has 3 N–H and O–H groups in total. The number of carbonyl (C=O) groups is 1. The number of terminal acetylenes is 1. The molecule has 0 aromatic carbocycles. The number of aromatic amines is 1. The molecule has 1 atom stereocenters. The van der Waals surface area contributed by atoms with Gasteiger partial charge in [0.15, 0.2) is 0 Å². The Labute approximate surface area is 103 Å². The monoisotopic (exact) mass is 247 g/mol. The molecule has 1 aromatic rings. The molecule has 1 aliphatic carbocycles. The second-order valence-electron chi connectivity index (χ2n) is 4.23. The number of anilines is 1. The maximum atomic E-state index is 11.4. The predicted octanol–water partition coefficient (Wildman–Crippen LogP) is 0.536. The molecule has 6 nitrogen and oxygen atoms in total. The second kappa shape index (κ2) is 4.92. The van der Waals surface area contributed by atoms with Crippen LogP contribution in [0.3, 0.4) is 0 Å². The van der Waals surface area contributed by atoms with E-state index in [1.165, 1.54) is 6.07 Å². The number of aromatic nitrogens is 2. The highest BCUT2D eigenvalue weighted by atomic mass is 16.4. The van der Waals surface area contributed by atoms with Crippen molar-refractivity contribution in [2.24, 2.45) is 0 Å². The number of aliphatic carboxylic acids is 1. The third-order valence-electron chi connectivity index (χ3n) is 2.67. The van der Waals surface area contributed by atoms with E-state index in [1.54, 1.807) is 0 Å². The lowest BCUT2D eigenvalue weighted by Gasteiger charge is -2.12. The standard InChI is InChI=1S/C12H13N3O3/c1-2-3-8(12(17)18)13-9-6-10(16)15-11(14-9)7-4-5-7/h1,6-8H,3-5H2,(H,17,18)(H2,13,14,15,16). The van der Waals surface area contributed by atoms with Gasteiger partial charge in [-0.3, -0.25) is 4.79 Å². The van der Waals surface area contributed by atoms with Crippen molar-refractivity contribution in [3.05, 3.63) is 22.2 Å². The Morgan fingerprint density at radius 3 is 3.00 bits per heavy atom. The summed E-state index contributed by atoms with van der Waals surface area (Å²) in [5, 5.41) is 11.6. The number of hydrogen-bond acceptors (Lipinski definition) is 4. The molecule has 0 radical (unpaired) electrons. The van der Waals surface area contributed by atoms with Crippen LogP contribution < -0.4 is 10.9 Å². The first-order valence-electron chi connectivity index (χ1n) is 5.64. The van der Waals surface area contributed by atoms with Crippen LogP contribution in [0, 0.1) is 12.3 Å². The highest BCUT2D eigenvalue weighted by molar-refractivity contribution is 5.77. The third-order valence-corrected chi connectivity index (χ3v) is 2.67. The third kappa shape index (κ3) is 2.88. The van der Waals surface area contributed by atoms with Crippen molar-refractivity contribution in [2.45, 2.75) is 31.2 Å². The molecule has 2 rings (SSSR count). The molecule has 1 aliphatic rings. The highest BCUT2D eigenvalue weighted by Crippen LogP contribution is 2.37. The maximum Gasteiger partial charge on any atom is 0.327 e. The van der Waals surface area contributed by atoms with Crippen molar-refractivity contribution < 1.29 is 9.90 Å². The Morgan fingerprint density at radius 1 is 1.72 bits per heavy atom. The zero-order valence-electron chi connectivity index (χ0n) is 9.64. The molecule has 1 saturated carbocycles. The molecule has 1 unspecified atom stereocenters. The van der Waals surface area contributed by atoms with Gasteiger partial charge >= 0.3 is 5.97 Å². The number of nitrogens with one attached hydrogen (secondary N) is 2. The first kappa shape index (κ1) is 12.2. The summed E-state index contributed by atoms with van der Waals surface area (Å²) >= 11 is 0. The minimum absolute atomic E-state index is 0.0303. The summed E-state index contributed by atoms with van der Waals surface area (Å²) in [4.78, 5) is 29.2. The SMILES string of the molecule is C#CCC(Nc1cc(=O)[nH]c(C2CC2)n1)C(=O)O. The smallest absolute Gasteiger partial charge is 0.327 e. The van der Waals surface area contributed by atoms with Gasteiger partial charge in [-0.25, -0.2) is 9.78 Å². The number of H-pyrrole nitrogens is 1. The molecule has 1 aromatic heterocycles. The fraction of sp³-hybridized carbons (Fsp3) is 0.417. The summed E-state index contributed by atoms with van der Waals surface area (Å²) in [6.45, 7) is 0. The summed E-state index contributed by atoms with van der Waals surface area (Å²) < 4.78 is 0. The molecule has 0 amide bonds. The largest absolute Gasteiger partial charge is 0.480 e. The summed E-state index contributed by atoms with van der Waals surface area (Å²) in [6, 6.07) is 0.301. The van der Waals surface area contributed by atoms with E-state index in [-0.39, 0.29) is 23.7 Å². The van der Waals surface area contributed by atoms with E-state index < -0.39 is 12.0 Å². The average Bonchev–Trinajstić information content (AvgIpc) is 3.11. The molecule has 18 heavy (non-hydrogen) atoms. The van der Waals surface area contributed by atoms with Gasteiger partial charge < -0.3 is 15.4 Å². The van der Waals surface area contributed by atoms with Gasteiger partial charge in [0.2, 0.25) is 0 Å². The Morgan fingerprint density at radius 2 is 2.44 bits per heavy atom. The van der Waals surface area contributed by atoms with Gasteiger partial charge in [0, 0.05) is 18.4 Å². The van der Waals surface area contributed by atoms with Crippen LogP contribution in [0.2, 0.25) is 0 Å². The summed E-state index contributed by atoms with van der Waals surface area (Å²) in [5.74, 6) is 2.36. The minimum Gasteiger partial charge on any atom is -0.480 e. The van der Waals surface area contributed by atoms with E-state index in [1.807, 2.05) is 0 Å². The predicted molar refractivity (Wildman–Crippen MR) is 65.3 cm³/mol. The summed E-state index contributed by atoms with van der Waals surface area (Å²) in [7, 11) is 0. The lowest BCUT2D eigenvalue weighted by Crippen LogP contribution is -2.30. The van der Waals surface area contributed by atoms with Gasteiger partial charge in [-0.2, -0.15) is 0 Å². The molecule has 0 saturated heterocycles. The molecular formula is C12H13N3O3. The van der Waals surface area contributed by atoms with Crippen LogP contribution in [0.4, 0.5) is 5.82 Å². The van der Waals surface area contributed by atoms with Gasteiger partial charge in [0.05, 0.1) is 0 Å². The Balaban J connectivity index is 2.19. The Kier molecular flexibility index (Phi) is 3.33. The molecule has 0 spiro atoms. The Bertz CT molecular complexity index is 554. The van der Waals surface area contributed by atoms with E-state index >= 15 is 0 Å². The van der Waals surface area contributed by atoms with Crippen LogP contribution in [0.25, 0.3) is 0 Å². The van der Waals surface area contributed by atoms with Crippen LogP contribution in [0.5, 0.6) is 0 Å². The highest BCUT2D eigenvalue weighted by Gasteiger charge is 2.27. The zero-order chi connectivity index (χ0) is 13.1. The fourth-order valence-corrected chi connectivity index (χ4v) is 1.60. The van der Waals surface area contributed by atoms with Gasteiger partial charge in [-0.05, 0) is 12.8 Å². The molecule has 0 bridgehead atoms. The van der Waals surface area contributed by atoms with Crippen LogP contribution in [-0.2, 0) is 4.79 Å². The van der Waals surface area contributed by atoms with Crippen LogP contribution in [0.1, 0.15) is 31.0 Å². The quantitative estimate of drug-likeness (QED) is 0.660. The van der Waals surface area contributed by atoms with Crippen molar-refractivity contribution in [3.8, 4) is 12.3 Å². The zero-order valence-corrected chi connectivity index (χ0v) is 9.64. The molecule has 1 heterocycles. The normalized spacial score (nSPS) is 15.7. The van der Waals surface area contributed by atoms with E-state index in [4.69, 9.17) is 11.5 Å². The lowest BCUT2D eigenvalue weighted by atomic mass is 10.2. The first-order valence-corrected chi connectivity index (χ1v) is 5.64. The molecule has 94 valence electrons. The van der Waals surface area contributed by atoms with E-state index in [2.05, 4.69) is 21.2 Å². The molecule has 0 aliphatic heterocycles. The number of hydrogen-bond donors (Lipinski definition) is 3. The van der Waals surface area contributed by atoms with Crippen LogP contribution in [0.15, 0.2) is 10.9 Å². The first-order chi connectivity index (χ1) is 8.60. The van der Waals surface area contributed by atoms with Crippen molar-refractivity contribution in [1.82, 2.24) is 9.97 Å². The summed E-state index contributed by atoms with van der Waals surface area (Å²) in [5.41, 5.74) is -0.292. The average molecular weight is 247 g/mol. The summed E-state index contributed by atoms with van der Waals surface area (Å²) in [6.07, 6.45) is 7.13. The molecular weight excluding hydrogens is 234 g/mol. The second-order valence-corrected chi connectivity index (χ2v) is 4.23. The van der Waals surface area contributed by atoms with Crippen LogP contribution in [-0.4, -0.2) is 27.1 Å². The Hall–Kier alpha value is -2.29. The van der Waals surface area contributed by atoms with Crippen molar-refractivity contribution in [1.29, 1.82) is 0 Å². The molecule has 1 fully saturated rings. The van der Waals surface area contributed by atoms with Crippen molar-refractivity contribution in [2.75, 3.05) is 5.32 Å². The van der Waals surface area contributed by atoms with Gasteiger partial charge in [0.1, 0.15) is 17.7 Å². The maximum absolute atomic E-state index is 11.4. The van der Waals surface area contributed by atoms with Crippen LogP contribution >= 0.6 is 0 Å². The number of nitrogens with zero attached hydrogens (tertiary/aromatic N) is 1. The minimum atomic E-state index is -1.07. The van der Waals surface area contributed by atoms with Crippen molar-refractivity contribution in [3.63, 3.8) is 0 Å². The molecule has 6 heteroatoms. The topological polar surface area (TPSA) is 95.1 Å². The van der Waals surface area contributed by atoms with Gasteiger partial charge in [-0.1, -0.05) is 0 Å². The lowest BCUT2D eigenvalue weighted by molar-refractivity contribution is -0.137.